The fraction of sp³-hybridized carbons (Fsp3) is 0.667. The van der Waals surface area contributed by atoms with Gasteiger partial charge < -0.3 is 4.74 Å². The van der Waals surface area contributed by atoms with E-state index in [4.69, 9.17) is 4.74 Å². The van der Waals surface area contributed by atoms with Crippen LogP contribution in [0.5, 0.6) is 0 Å². The lowest BCUT2D eigenvalue weighted by atomic mass is 9.91. The van der Waals surface area contributed by atoms with Crippen molar-refractivity contribution in [2.24, 2.45) is 5.92 Å². The zero-order valence-corrected chi connectivity index (χ0v) is 14.3. The zero-order chi connectivity index (χ0) is 15.9. The number of hydrogen-bond donors (Lipinski definition) is 0. The Labute approximate surface area is 138 Å². The Morgan fingerprint density at radius 3 is 2.52 bits per heavy atom. The average Bonchev–Trinajstić information content (AvgIpc) is 2.95. The summed E-state index contributed by atoms with van der Waals surface area (Å²) in [4.78, 5) is 0. The van der Waals surface area contributed by atoms with Crippen LogP contribution >= 0.6 is 0 Å². The van der Waals surface area contributed by atoms with Crippen LogP contribution in [0.25, 0.3) is 0 Å². The van der Waals surface area contributed by atoms with Crippen molar-refractivity contribution in [2.45, 2.75) is 50.7 Å². The number of morpholine rings is 1. The van der Waals surface area contributed by atoms with Crippen molar-refractivity contribution in [2.75, 3.05) is 18.9 Å². The summed E-state index contributed by atoms with van der Waals surface area (Å²) in [5.41, 5.74) is 2.65. The van der Waals surface area contributed by atoms with Crippen molar-refractivity contribution in [3.63, 3.8) is 0 Å². The zero-order valence-electron chi connectivity index (χ0n) is 13.5. The molecular formula is C18H25NO3S. The molecule has 1 saturated carbocycles. The van der Waals surface area contributed by atoms with E-state index in [9.17, 15) is 8.42 Å². The largest absolute Gasteiger partial charge is 0.375 e. The molecule has 0 bridgehead atoms. The predicted octanol–water partition coefficient (Wildman–Crippen LogP) is 2.37. The summed E-state index contributed by atoms with van der Waals surface area (Å²) >= 11 is 0. The van der Waals surface area contributed by atoms with Crippen molar-refractivity contribution in [1.82, 2.24) is 4.31 Å². The number of benzene rings is 1. The molecule has 1 saturated heterocycles. The highest BCUT2D eigenvalue weighted by Gasteiger charge is 2.41. The lowest BCUT2D eigenvalue weighted by Gasteiger charge is -2.43. The van der Waals surface area contributed by atoms with E-state index in [2.05, 4.69) is 12.1 Å². The topological polar surface area (TPSA) is 46.6 Å². The molecular weight excluding hydrogens is 310 g/mol. The first-order valence-corrected chi connectivity index (χ1v) is 10.4. The lowest BCUT2D eigenvalue weighted by Crippen LogP contribution is -2.55. The van der Waals surface area contributed by atoms with Crippen molar-refractivity contribution in [3.8, 4) is 0 Å². The summed E-state index contributed by atoms with van der Waals surface area (Å²) in [6, 6.07) is 8.43. The smallest absolute Gasteiger partial charge is 0.214 e. The molecule has 3 aliphatic rings. The highest BCUT2D eigenvalue weighted by Crippen LogP contribution is 2.33. The van der Waals surface area contributed by atoms with E-state index in [0.29, 0.717) is 13.2 Å². The van der Waals surface area contributed by atoms with Crippen molar-refractivity contribution in [3.05, 3.63) is 35.4 Å². The lowest BCUT2D eigenvalue weighted by molar-refractivity contribution is -0.0586. The van der Waals surface area contributed by atoms with Gasteiger partial charge in [0.15, 0.2) is 0 Å². The fourth-order valence-corrected chi connectivity index (χ4v) is 6.60. The van der Waals surface area contributed by atoms with E-state index in [1.165, 1.54) is 11.1 Å². The monoisotopic (exact) mass is 335 g/mol. The van der Waals surface area contributed by atoms with Gasteiger partial charge in [0.1, 0.15) is 0 Å². The maximum absolute atomic E-state index is 13.0. The van der Waals surface area contributed by atoms with Crippen LogP contribution in [-0.4, -0.2) is 43.8 Å². The van der Waals surface area contributed by atoms with Crippen LogP contribution in [0.2, 0.25) is 0 Å². The van der Waals surface area contributed by atoms with Crippen LogP contribution in [0.3, 0.4) is 0 Å². The van der Waals surface area contributed by atoms with Crippen LogP contribution in [0.4, 0.5) is 0 Å². The molecule has 4 nitrogen and oxygen atoms in total. The molecule has 1 aromatic rings. The Morgan fingerprint density at radius 1 is 1.09 bits per heavy atom. The minimum Gasteiger partial charge on any atom is -0.375 e. The normalized spacial score (nSPS) is 29.2. The van der Waals surface area contributed by atoms with Gasteiger partial charge in [-0.25, -0.2) is 8.42 Å². The van der Waals surface area contributed by atoms with E-state index in [-0.39, 0.29) is 23.8 Å². The maximum Gasteiger partial charge on any atom is 0.214 e. The van der Waals surface area contributed by atoms with Gasteiger partial charge in [-0.15, -0.1) is 0 Å². The van der Waals surface area contributed by atoms with Crippen LogP contribution in [0.15, 0.2) is 24.3 Å². The van der Waals surface area contributed by atoms with Gasteiger partial charge in [0, 0.05) is 6.54 Å². The minimum atomic E-state index is -3.20. The van der Waals surface area contributed by atoms with Crippen LogP contribution < -0.4 is 0 Å². The molecule has 1 aliphatic heterocycles. The van der Waals surface area contributed by atoms with Gasteiger partial charge in [0.25, 0.3) is 0 Å². The molecule has 0 amide bonds. The Kier molecular flexibility index (Phi) is 4.20. The van der Waals surface area contributed by atoms with Gasteiger partial charge in [-0.3, -0.25) is 0 Å². The van der Waals surface area contributed by atoms with Crippen LogP contribution in [0, 0.1) is 5.92 Å². The molecule has 0 radical (unpaired) electrons. The van der Waals surface area contributed by atoms with Crippen molar-refractivity contribution in [1.29, 1.82) is 0 Å². The molecule has 0 aromatic heterocycles. The highest BCUT2D eigenvalue weighted by molar-refractivity contribution is 7.89. The second kappa shape index (κ2) is 6.19. The first kappa shape index (κ1) is 15.6. The predicted molar refractivity (Wildman–Crippen MR) is 89.8 cm³/mol. The van der Waals surface area contributed by atoms with E-state index >= 15 is 0 Å². The Hall–Kier alpha value is -0.910. The summed E-state index contributed by atoms with van der Waals surface area (Å²) in [5.74, 6) is 0.507. The number of ether oxygens (including phenoxy) is 1. The summed E-state index contributed by atoms with van der Waals surface area (Å²) in [6.07, 6.45) is 6.15. The molecule has 23 heavy (non-hydrogen) atoms. The molecule has 0 N–H and O–H groups in total. The molecule has 2 aliphatic carbocycles. The molecule has 2 unspecified atom stereocenters. The molecule has 2 fully saturated rings. The first-order valence-electron chi connectivity index (χ1n) is 8.81. The van der Waals surface area contributed by atoms with Crippen molar-refractivity contribution < 1.29 is 13.2 Å². The first-order chi connectivity index (χ1) is 11.1. The van der Waals surface area contributed by atoms with E-state index in [1.54, 1.807) is 4.31 Å². The van der Waals surface area contributed by atoms with Gasteiger partial charge in [0.05, 0.1) is 24.5 Å². The van der Waals surface area contributed by atoms with Gasteiger partial charge in [-0.05, 0) is 42.7 Å². The number of sulfonamides is 1. The summed E-state index contributed by atoms with van der Waals surface area (Å²) in [7, 11) is -3.20. The number of nitrogens with zero attached hydrogens (tertiary/aromatic N) is 1. The second-order valence-corrected chi connectivity index (χ2v) is 9.16. The molecule has 2 atom stereocenters. The Morgan fingerprint density at radius 2 is 1.78 bits per heavy atom. The standard InChI is InChI=1S/C18H25NO3S/c20-23(21,13-14-11-15-5-1-2-6-16(15)12-14)19-9-10-22-18-8-4-3-7-17(18)19/h1-2,5-6,14,17-18H,3-4,7-13H2. The maximum atomic E-state index is 13.0. The third-order valence-corrected chi connectivity index (χ3v) is 7.68. The number of rotatable bonds is 3. The third kappa shape index (κ3) is 3.06. The van der Waals surface area contributed by atoms with Crippen LogP contribution in [0.1, 0.15) is 36.8 Å². The van der Waals surface area contributed by atoms with Gasteiger partial charge in [-0.2, -0.15) is 4.31 Å². The summed E-state index contributed by atoms with van der Waals surface area (Å²) in [5, 5.41) is 0. The Balaban J connectivity index is 1.48. The molecule has 0 spiro atoms. The quantitative estimate of drug-likeness (QED) is 0.852. The van der Waals surface area contributed by atoms with E-state index in [1.807, 2.05) is 12.1 Å². The van der Waals surface area contributed by atoms with E-state index in [0.717, 1.165) is 38.5 Å². The summed E-state index contributed by atoms with van der Waals surface area (Å²) in [6.45, 7) is 1.08. The third-order valence-electron chi connectivity index (χ3n) is 5.62. The van der Waals surface area contributed by atoms with E-state index < -0.39 is 10.0 Å². The Bertz CT molecular complexity index is 646. The average molecular weight is 335 g/mol. The summed E-state index contributed by atoms with van der Waals surface area (Å²) < 4.78 is 33.6. The number of fused-ring (bicyclic) bond motifs is 2. The van der Waals surface area contributed by atoms with Gasteiger partial charge >= 0.3 is 0 Å². The van der Waals surface area contributed by atoms with Crippen molar-refractivity contribution >= 4 is 10.0 Å². The minimum absolute atomic E-state index is 0.0753. The SMILES string of the molecule is O=S(=O)(CC1Cc2ccccc2C1)N1CCOC2CCCCC21. The van der Waals surface area contributed by atoms with Crippen LogP contribution in [-0.2, 0) is 27.6 Å². The molecule has 1 aromatic carbocycles. The second-order valence-electron chi connectivity index (χ2n) is 7.19. The molecule has 126 valence electrons. The van der Waals surface area contributed by atoms with Gasteiger partial charge in [-0.1, -0.05) is 37.1 Å². The fourth-order valence-electron chi connectivity index (χ4n) is 4.57. The molecule has 1 heterocycles. The number of hydrogen-bond acceptors (Lipinski definition) is 3. The highest BCUT2D eigenvalue weighted by atomic mass is 32.2. The van der Waals surface area contributed by atoms with Gasteiger partial charge in [0.2, 0.25) is 10.0 Å². The molecule has 5 heteroatoms. The molecule has 4 rings (SSSR count).